The highest BCUT2D eigenvalue weighted by atomic mass is 32.2. The molecule has 3 rings (SSSR count). The highest BCUT2D eigenvalue weighted by Crippen LogP contribution is 2.28. The zero-order chi connectivity index (χ0) is 33.6. The van der Waals surface area contributed by atoms with Gasteiger partial charge >= 0.3 is 12.1 Å². The number of aromatic nitrogens is 2. The van der Waals surface area contributed by atoms with Crippen LogP contribution in [0.15, 0.2) is 71.9 Å². The average Bonchev–Trinajstić information content (AvgIpc) is 2.94. The Balaban J connectivity index is 2.00. The third kappa shape index (κ3) is 10.4. The Labute approximate surface area is 267 Å². The molecule has 0 saturated heterocycles. The minimum Gasteiger partial charge on any atom is -0.459 e. The average molecular weight is 639 g/mol. The summed E-state index contributed by atoms with van der Waals surface area (Å²) in [6, 6.07) is 17.5. The summed E-state index contributed by atoms with van der Waals surface area (Å²) >= 11 is 0. The van der Waals surface area contributed by atoms with E-state index in [0.717, 1.165) is 22.4 Å². The number of esters is 1. The molecular formula is C34H46N4O6S. The summed E-state index contributed by atoms with van der Waals surface area (Å²) in [7, 11) is -4.05. The number of hydrogen-bond donors (Lipinski definition) is 0. The van der Waals surface area contributed by atoms with Gasteiger partial charge in [-0.2, -0.15) is 4.31 Å². The highest BCUT2D eigenvalue weighted by molar-refractivity contribution is 7.89. The smallest absolute Gasteiger partial charge is 0.416 e. The van der Waals surface area contributed by atoms with Crippen LogP contribution in [0, 0.1) is 0 Å². The van der Waals surface area contributed by atoms with Crippen LogP contribution >= 0.6 is 0 Å². The van der Waals surface area contributed by atoms with Crippen LogP contribution in [0.5, 0.6) is 0 Å². The second kappa shape index (κ2) is 14.1. The Kier molecular flexibility index (Phi) is 11.2. The molecule has 1 amide bonds. The maximum atomic E-state index is 13.9. The fraction of sp³-hybridized carbons (Fsp3) is 0.471. The molecule has 0 N–H and O–H groups in total. The Morgan fingerprint density at radius 1 is 0.800 bits per heavy atom. The zero-order valence-corrected chi connectivity index (χ0v) is 28.6. The number of hydrogen-bond acceptors (Lipinski definition) is 8. The largest absolute Gasteiger partial charge is 0.459 e. The first-order chi connectivity index (χ1) is 20.8. The van der Waals surface area contributed by atoms with Gasteiger partial charge in [0.15, 0.2) is 5.03 Å². The first-order valence-electron chi connectivity index (χ1n) is 15.0. The molecule has 1 aromatic carbocycles. The summed E-state index contributed by atoms with van der Waals surface area (Å²) < 4.78 is 40.0. The zero-order valence-electron chi connectivity index (χ0n) is 27.8. The van der Waals surface area contributed by atoms with E-state index < -0.39 is 39.8 Å². The van der Waals surface area contributed by atoms with Crippen molar-refractivity contribution in [3.63, 3.8) is 0 Å². The van der Waals surface area contributed by atoms with Crippen molar-refractivity contribution in [2.45, 2.75) is 103 Å². The summed E-state index contributed by atoms with van der Waals surface area (Å²) in [5.41, 5.74) is 0.694. The molecule has 0 spiro atoms. The number of anilines is 1. The second-order valence-corrected chi connectivity index (χ2v) is 15.4. The fourth-order valence-electron chi connectivity index (χ4n) is 4.27. The number of amides is 1. The summed E-state index contributed by atoms with van der Waals surface area (Å²) in [5, 5.41) is -0.0924. The molecular weight excluding hydrogens is 592 g/mol. The van der Waals surface area contributed by atoms with Crippen molar-refractivity contribution in [2.24, 2.45) is 0 Å². The van der Waals surface area contributed by atoms with Crippen LogP contribution < -0.4 is 4.90 Å². The van der Waals surface area contributed by atoms with Crippen LogP contribution in [0.1, 0.15) is 85.6 Å². The van der Waals surface area contributed by atoms with Gasteiger partial charge in [0.05, 0.1) is 12.2 Å². The standard InChI is InChI=1S/C34H46N4O6S/c1-10-34(8,9)26-19-17-25(18-20-26)22-37(45(41,42)29-16-11-12-21-35-29)23-27-14-13-15-28(36-27)38(31(40)44-33(5,6)7)24-30(39)43-32(2,3)4/h11-21H,10,22-24H2,1-9H3. The number of sulfonamides is 1. The number of pyridine rings is 2. The van der Waals surface area contributed by atoms with Gasteiger partial charge in [-0.15, -0.1) is 0 Å². The van der Waals surface area contributed by atoms with Gasteiger partial charge in [0.25, 0.3) is 10.0 Å². The minimum absolute atomic E-state index is 0.0120. The van der Waals surface area contributed by atoms with Crippen molar-refractivity contribution in [3.8, 4) is 0 Å². The second-order valence-electron chi connectivity index (χ2n) is 13.5. The van der Waals surface area contributed by atoms with Gasteiger partial charge in [-0.25, -0.2) is 23.2 Å². The normalized spacial score (nSPS) is 12.6. The van der Waals surface area contributed by atoms with Crippen LogP contribution in [-0.2, 0) is 42.8 Å². The third-order valence-corrected chi connectivity index (χ3v) is 8.66. The number of ether oxygens (including phenoxy) is 2. The molecule has 11 heteroatoms. The van der Waals surface area contributed by atoms with Crippen LogP contribution in [-0.4, -0.2) is 52.5 Å². The summed E-state index contributed by atoms with van der Waals surface area (Å²) in [6.07, 6.45) is 1.61. The van der Waals surface area contributed by atoms with Crippen molar-refractivity contribution < 1.29 is 27.5 Å². The molecule has 0 atom stereocenters. The van der Waals surface area contributed by atoms with Gasteiger partial charge < -0.3 is 9.47 Å². The lowest BCUT2D eigenvalue weighted by molar-refractivity contribution is -0.153. The molecule has 2 heterocycles. The lowest BCUT2D eigenvalue weighted by atomic mass is 9.82. The molecule has 0 radical (unpaired) electrons. The summed E-state index contributed by atoms with van der Waals surface area (Å²) in [5.74, 6) is -0.524. The predicted octanol–water partition coefficient (Wildman–Crippen LogP) is 6.64. The Morgan fingerprint density at radius 2 is 1.44 bits per heavy atom. The van der Waals surface area contributed by atoms with E-state index in [2.05, 4.69) is 30.7 Å². The lowest BCUT2D eigenvalue weighted by Gasteiger charge is -2.28. The molecule has 0 bridgehead atoms. The Bertz CT molecular complexity index is 1560. The molecule has 0 aliphatic carbocycles. The molecule has 45 heavy (non-hydrogen) atoms. The fourth-order valence-corrected chi connectivity index (χ4v) is 5.60. The summed E-state index contributed by atoms with van der Waals surface area (Å²) in [4.78, 5) is 35.8. The maximum absolute atomic E-state index is 13.9. The molecule has 0 aliphatic heterocycles. The SMILES string of the molecule is CCC(C)(C)c1ccc(CN(Cc2cccc(N(CC(=O)OC(C)(C)C)C(=O)OC(C)(C)C)n2)S(=O)(=O)c2ccccn2)cc1. The number of benzene rings is 1. The summed E-state index contributed by atoms with van der Waals surface area (Å²) in [6.45, 7) is 16.3. The van der Waals surface area contributed by atoms with Gasteiger partial charge in [-0.05, 0) is 88.8 Å². The van der Waals surface area contributed by atoms with E-state index in [-0.39, 0.29) is 29.3 Å². The maximum Gasteiger partial charge on any atom is 0.416 e. The van der Waals surface area contributed by atoms with E-state index in [1.807, 2.05) is 24.3 Å². The van der Waals surface area contributed by atoms with E-state index in [0.29, 0.717) is 5.69 Å². The molecule has 0 unspecified atom stereocenters. The van der Waals surface area contributed by atoms with E-state index in [4.69, 9.17) is 9.47 Å². The Hall–Kier alpha value is -3.83. The van der Waals surface area contributed by atoms with Gasteiger partial charge in [-0.1, -0.05) is 57.2 Å². The number of carbonyl (C=O) groups excluding carboxylic acids is 2. The van der Waals surface area contributed by atoms with Crippen LogP contribution in [0.25, 0.3) is 0 Å². The van der Waals surface area contributed by atoms with E-state index in [1.165, 1.54) is 16.6 Å². The van der Waals surface area contributed by atoms with Crippen molar-refractivity contribution in [2.75, 3.05) is 11.4 Å². The molecule has 0 fully saturated rings. The van der Waals surface area contributed by atoms with E-state index >= 15 is 0 Å². The van der Waals surface area contributed by atoms with Gasteiger partial charge in [0, 0.05) is 12.7 Å². The first kappa shape index (κ1) is 35.6. The van der Waals surface area contributed by atoms with Gasteiger partial charge in [0.2, 0.25) is 0 Å². The number of rotatable bonds is 11. The van der Waals surface area contributed by atoms with Crippen molar-refractivity contribution >= 4 is 27.9 Å². The topological polar surface area (TPSA) is 119 Å². The molecule has 0 saturated carbocycles. The predicted molar refractivity (Wildman–Crippen MR) is 174 cm³/mol. The molecule has 0 aliphatic rings. The molecule has 3 aromatic rings. The third-order valence-electron chi connectivity index (χ3n) is 6.95. The van der Waals surface area contributed by atoms with E-state index in [1.54, 1.807) is 71.9 Å². The molecule has 2 aromatic heterocycles. The van der Waals surface area contributed by atoms with Crippen molar-refractivity contribution in [3.05, 3.63) is 83.7 Å². The first-order valence-corrected chi connectivity index (χ1v) is 16.4. The minimum atomic E-state index is -4.05. The van der Waals surface area contributed by atoms with E-state index in [9.17, 15) is 18.0 Å². The van der Waals surface area contributed by atoms with Gasteiger partial charge in [0.1, 0.15) is 23.6 Å². The van der Waals surface area contributed by atoms with Crippen LogP contribution in [0.4, 0.5) is 10.6 Å². The van der Waals surface area contributed by atoms with Gasteiger partial charge in [-0.3, -0.25) is 9.69 Å². The lowest BCUT2D eigenvalue weighted by Crippen LogP contribution is -2.42. The monoisotopic (exact) mass is 638 g/mol. The quantitative estimate of drug-likeness (QED) is 0.215. The van der Waals surface area contributed by atoms with Crippen LogP contribution in [0.3, 0.4) is 0 Å². The Morgan fingerprint density at radius 3 is 2.00 bits per heavy atom. The van der Waals surface area contributed by atoms with Crippen molar-refractivity contribution in [1.29, 1.82) is 0 Å². The van der Waals surface area contributed by atoms with Crippen molar-refractivity contribution in [1.82, 2.24) is 14.3 Å². The number of nitrogens with zero attached hydrogens (tertiary/aromatic N) is 4. The highest BCUT2D eigenvalue weighted by Gasteiger charge is 2.30. The molecule has 244 valence electrons. The number of carbonyl (C=O) groups is 2. The van der Waals surface area contributed by atoms with Crippen LogP contribution in [0.2, 0.25) is 0 Å². The molecule has 10 nitrogen and oxygen atoms in total.